The number of hydrogen-bond donors (Lipinski definition) is 2. The number of sulfonamides is 1. The maximum absolute atomic E-state index is 12.6. The lowest BCUT2D eigenvalue weighted by atomic mass is 10.0. The highest BCUT2D eigenvalue weighted by Gasteiger charge is 2.22. The number of benzene rings is 1. The van der Waals surface area contributed by atoms with Gasteiger partial charge in [0.05, 0.1) is 11.2 Å². The van der Waals surface area contributed by atoms with Gasteiger partial charge in [0.25, 0.3) is 0 Å². The second kappa shape index (κ2) is 6.86. The Morgan fingerprint density at radius 1 is 1.17 bits per heavy atom. The molecule has 1 atom stereocenters. The van der Waals surface area contributed by atoms with E-state index < -0.39 is 16.1 Å². The second-order valence-electron chi connectivity index (χ2n) is 5.81. The molecule has 0 bridgehead atoms. The van der Waals surface area contributed by atoms with Gasteiger partial charge in [-0.1, -0.05) is 6.07 Å². The van der Waals surface area contributed by atoms with E-state index in [1.165, 1.54) is 6.26 Å². The molecule has 126 valence electrons. The van der Waals surface area contributed by atoms with Crippen LogP contribution in [0.1, 0.15) is 40.5 Å². The van der Waals surface area contributed by atoms with Gasteiger partial charge in [0.1, 0.15) is 11.9 Å². The quantitative estimate of drug-likeness (QED) is 0.849. The number of rotatable bonds is 6. The Morgan fingerprint density at radius 3 is 2.30 bits per heavy atom. The lowest BCUT2D eigenvalue weighted by molar-refractivity contribution is 0.142. The van der Waals surface area contributed by atoms with Crippen LogP contribution in [0.5, 0.6) is 0 Å². The molecule has 1 unspecified atom stereocenters. The predicted octanol–water partition coefficient (Wildman–Crippen LogP) is 2.92. The summed E-state index contributed by atoms with van der Waals surface area (Å²) in [6.07, 6.45) is 0.898. The van der Waals surface area contributed by atoms with Crippen molar-refractivity contribution in [2.45, 2.75) is 45.1 Å². The van der Waals surface area contributed by atoms with Crippen LogP contribution in [0.15, 0.2) is 33.8 Å². The van der Waals surface area contributed by atoms with Crippen molar-refractivity contribution in [2.75, 3.05) is 6.54 Å². The van der Waals surface area contributed by atoms with E-state index in [1.54, 1.807) is 12.1 Å². The zero-order chi connectivity index (χ0) is 17.2. The number of aryl methyl sites for hydroxylation is 2. The van der Waals surface area contributed by atoms with Gasteiger partial charge in [-0.3, -0.25) is 0 Å². The van der Waals surface area contributed by atoms with Gasteiger partial charge in [-0.25, -0.2) is 13.1 Å². The molecule has 0 saturated heterocycles. The number of hydrogen-bond acceptors (Lipinski definition) is 4. The highest BCUT2D eigenvalue weighted by molar-refractivity contribution is 7.89. The molecule has 0 aliphatic rings. The SMILES string of the molecule is Cc1cc(C)c(C)c(S(=O)(=O)NCCC(O)c2ccco2)c1C. The highest BCUT2D eigenvalue weighted by atomic mass is 32.2. The van der Waals surface area contributed by atoms with Crippen molar-refractivity contribution in [3.8, 4) is 0 Å². The fraction of sp³-hybridized carbons (Fsp3) is 0.412. The van der Waals surface area contributed by atoms with Crippen molar-refractivity contribution in [2.24, 2.45) is 0 Å². The fourth-order valence-corrected chi connectivity index (χ4v) is 4.27. The maximum atomic E-state index is 12.6. The number of aliphatic hydroxyl groups excluding tert-OH is 1. The van der Waals surface area contributed by atoms with Crippen LogP contribution in [0, 0.1) is 27.7 Å². The minimum absolute atomic E-state index is 0.135. The van der Waals surface area contributed by atoms with Crippen LogP contribution in [0.25, 0.3) is 0 Å². The van der Waals surface area contributed by atoms with Gasteiger partial charge in [0.2, 0.25) is 10.0 Å². The smallest absolute Gasteiger partial charge is 0.241 e. The normalized spacial score (nSPS) is 13.3. The Bertz CT molecular complexity index is 753. The van der Waals surface area contributed by atoms with E-state index in [9.17, 15) is 13.5 Å². The molecule has 23 heavy (non-hydrogen) atoms. The van der Waals surface area contributed by atoms with Gasteiger partial charge in [0.15, 0.2) is 0 Å². The summed E-state index contributed by atoms with van der Waals surface area (Å²) in [5.74, 6) is 0.433. The van der Waals surface area contributed by atoms with E-state index in [0.29, 0.717) is 10.7 Å². The van der Waals surface area contributed by atoms with E-state index in [-0.39, 0.29) is 13.0 Å². The number of aliphatic hydroxyl groups is 1. The molecule has 0 aliphatic carbocycles. The van der Waals surface area contributed by atoms with Gasteiger partial charge in [0, 0.05) is 6.54 Å². The van der Waals surface area contributed by atoms with Crippen LogP contribution in [0.4, 0.5) is 0 Å². The molecule has 0 radical (unpaired) electrons. The van der Waals surface area contributed by atoms with Gasteiger partial charge in [-0.05, 0) is 68.5 Å². The molecule has 1 aromatic carbocycles. The fourth-order valence-electron chi connectivity index (χ4n) is 2.61. The molecule has 0 fully saturated rings. The second-order valence-corrected chi connectivity index (χ2v) is 7.51. The topological polar surface area (TPSA) is 79.5 Å². The van der Waals surface area contributed by atoms with Crippen molar-refractivity contribution in [1.82, 2.24) is 4.72 Å². The van der Waals surface area contributed by atoms with Crippen molar-refractivity contribution >= 4 is 10.0 Å². The molecule has 1 heterocycles. The molecular weight excluding hydrogens is 314 g/mol. The summed E-state index contributed by atoms with van der Waals surface area (Å²) >= 11 is 0. The van der Waals surface area contributed by atoms with E-state index >= 15 is 0 Å². The molecular formula is C17H23NO4S. The minimum Gasteiger partial charge on any atom is -0.467 e. The minimum atomic E-state index is -3.62. The van der Waals surface area contributed by atoms with E-state index in [4.69, 9.17) is 4.42 Å². The first kappa shape index (κ1) is 17.7. The van der Waals surface area contributed by atoms with Crippen LogP contribution < -0.4 is 4.72 Å². The van der Waals surface area contributed by atoms with E-state index in [2.05, 4.69) is 4.72 Å². The maximum Gasteiger partial charge on any atom is 0.241 e. The summed E-state index contributed by atoms with van der Waals surface area (Å²) in [5.41, 5.74) is 3.41. The molecule has 1 aromatic heterocycles. The van der Waals surface area contributed by atoms with Gasteiger partial charge < -0.3 is 9.52 Å². The monoisotopic (exact) mass is 337 g/mol. The summed E-state index contributed by atoms with van der Waals surface area (Å²) in [4.78, 5) is 0.336. The first-order chi connectivity index (χ1) is 10.7. The lowest BCUT2D eigenvalue weighted by Gasteiger charge is -2.16. The Labute approximate surface area is 137 Å². The molecule has 6 heteroatoms. The highest BCUT2D eigenvalue weighted by Crippen LogP contribution is 2.26. The van der Waals surface area contributed by atoms with Crippen molar-refractivity contribution in [3.63, 3.8) is 0 Å². The molecule has 0 saturated carbocycles. The molecule has 0 amide bonds. The van der Waals surface area contributed by atoms with Crippen molar-refractivity contribution in [3.05, 3.63) is 52.5 Å². The number of nitrogens with one attached hydrogen (secondary N) is 1. The zero-order valence-electron chi connectivity index (χ0n) is 13.9. The predicted molar refractivity (Wildman–Crippen MR) is 88.9 cm³/mol. The lowest BCUT2D eigenvalue weighted by Crippen LogP contribution is -2.27. The molecule has 2 N–H and O–H groups in total. The summed E-state index contributed by atoms with van der Waals surface area (Å²) in [7, 11) is -3.62. The third-order valence-electron chi connectivity index (χ3n) is 4.15. The molecule has 2 aromatic rings. The molecule has 0 aliphatic heterocycles. The van der Waals surface area contributed by atoms with Crippen molar-refractivity contribution < 1.29 is 17.9 Å². The summed E-state index contributed by atoms with van der Waals surface area (Å²) in [6.45, 7) is 7.57. The Kier molecular flexibility index (Phi) is 5.29. The van der Waals surface area contributed by atoms with Crippen LogP contribution >= 0.6 is 0 Å². The molecule has 5 nitrogen and oxygen atoms in total. The van der Waals surface area contributed by atoms with E-state index in [1.807, 2.05) is 33.8 Å². The first-order valence-electron chi connectivity index (χ1n) is 7.52. The van der Waals surface area contributed by atoms with Crippen LogP contribution in [0.2, 0.25) is 0 Å². The van der Waals surface area contributed by atoms with Crippen molar-refractivity contribution in [1.29, 1.82) is 0 Å². The van der Waals surface area contributed by atoms with Gasteiger partial charge in [-0.15, -0.1) is 0 Å². The average Bonchev–Trinajstić information content (AvgIpc) is 2.99. The third kappa shape index (κ3) is 3.83. The van der Waals surface area contributed by atoms with E-state index in [0.717, 1.165) is 22.3 Å². The van der Waals surface area contributed by atoms with Crippen LogP contribution in [0.3, 0.4) is 0 Å². The Hall–Kier alpha value is -1.63. The first-order valence-corrected chi connectivity index (χ1v) is 9.01. The largest absolute Gasteiger partial charge is 0.467 e. The van der Waals surface area contributed by atoms with Gasteiger partial charge >= 0.3 is 0 Å². The Morgan fingerprint density at radius 2 is 1.78 bits per heavy atom. The number of furan rings is 1. The summed E-state index contributed by atoms with van der Waals surface area (Å²) in [5, 5.41) is 9.95. The standard InChI is InChI=1S/C17H23NO4S/c1-11-10-12(2)14(4)17(13(11)3)23(20,21)18-8-7-15(19)16-6-5-9-22-16/h5-6,9-10,15,18-19H,7-8H2,1-4H3. The zero-order valence-corrected chi connectivity index (χ0v) is 14.7. The van der Waals surface area contributed by atoms with Crippen LogP contribution in [-0.2, 0) is 10.0 Å². The molecule has 2 rings (SSSR count). The Balaban J connectivity index is 2.14. The molecule has 0 spiro atoms. The third-order valence-corrected chi connectivity index (χ3v) is 5.88. The average molecular weight is 337 g/mol. The summed E-state index contributed by atoms with van der Waals surface area (Å²) < 4.78 is 32.9. The van der Waals surface area contributed by atoms with Gasteiger partial charge in [-0.2, -0.15) is 0 Å². The summed E-state index contributed by atoms with van der Waals surface area (Å²) in [6, 6.07) is 5.34. The van der Waals surface area contributed by atoms with Crippen LogP contribution in [-0.4, -0.2) is 20.1 Å².